The number of hydrogen-bond acceptors (Lipinski definition) is 5. The van der Waals surface area contributed by atoms with Gasteiger partial charge >= 0.3 is 0 Å². The van der Waals surface area contributed by atoms with Crippen LogP contribution in [0.2, 0.25) is 0 Å². The number of hydrogen-bond donors (Lipinski definition) is 1. The summed E-state index contributed by atoms with van der Waals surface area (Å²) in [5.74, 6) is -0.847. The number of ketones is 1. The zero-order valence-electron chi connectivity index (χ0n) is 12.7. The van der Waals surface area contributed by atoms with Crippen molar-refractivity contribution in [3.8, 4) is 0 Å². The topological polar surface area (TPSA) is 80.3 Å². The molecule has 0 aliphatic heterocycles. The molecule has 0 saturated carbocycles. The van der Waals surface area contributed by atoms with Crippen LogP contribution < -0.4 is 4.72 Å². The Hall–Kier alpha value is -2.19. The Kier molecular flexibility index (Phi) is 5.74. The molecule has 5 nitrogen and oxygen atoms in total. The van der Waals surface area contributed by atoms with E-state index in [2.05, 4.69) is 4.72 Å². The van der Waals surface area contributed by atoms with Crippen molar-refractivity contribution in [1.29, 1.82) is 0 Å². The van der Waals surface area contributed by atoms with Gasteiger partial charge in [0.1, 0.15) is 5.82 Å². The minimum Gasteiger partial charge on any atom is -0.293 e. The number of benzene rings is 2. The van der Waals surface area contributed by atoms with Gasteiger partial charge in [-0.1, -0.05) is 17.8 Å². The fourth-order valence-corrected chi connectivity index (χ4v) is 3.41. The van der Waals surface area contributed by atoms with E-state index in [0.717, 1.165) is 23.9 Å². The summed E-state index contributed by atoms with van der Waals surface area (Å²) in [5.41, 5.74) is 0.618. The lowest BCUT2D eigenvalue weighted by atomic mass is 10.1. The first kappa shape index (κ1) is 18.2. The summed E-state index contributed by atoms with van der Waals surface area (Å²) in [6.45, 7) is 1.38. The lowest BCUT2D eigenvalue weighted by Gasteiger charge is -2.08. The van der Waals surface area contributed by atoms with Gasteiger partial charge in [0, 0.05) is 18.2 Å². The second kappa shape index (κ2) is 7.59. The molecule has 0 radical (unpaired) electrons. The Morgan fingerprint density at radius 3 is 2.38 bits per heavy atom. The second-order valence-corrected chi connectivity index (χ2v) is 7.68. The van der Waals surface area contributed by atoms with Crippen LogP contribution in [-0.4, -0.2) is 25.1 Å². The lowest BCUT2D eigenvalue weighted by Crippen LogP contribution is -2.13. The highest BCUT2D eigenvalue weighted by atomic mass is 32.2. The Morgan fingerprint density at radius 2 is 1.79 bits per heavy atom. The number of carbonyl (C=O) groups excluding carboxylic acids is 2. The minimum absolute atomic E-state index is 0.0314. The third-order valence-electron chi connectivity index (χ3n) is 2.97. The first-order valence-electron chi connectivity index (χ1n) is 6.83. The molecule has 0 spiro atoms. The van der Waals surface area contributed by atoms with E-state index in [9.17, 15) is 22.4 Å². The maximum absolute atomic E-state index is 13.2. The first-order chi connectivity index (χ1) is 11.3. The molecule has 0 amide bonds. The van der Waals surface area contributed by atoms with E-state index in [4.69, 9.17) is 0 Å². The number of halogens is 1. The summed E-state index contributed by atoms with van der Waals surface area (Å²) in [5, 5.41) is -0.150. The van der Waals surface area contributed by atoms with Gasteiger partial charge in [0.2, 0.25) is 0 Å². The van der Waals surface area contributed by atoms with Crippen molar-refractivity contribution in [1.82, 2.24) is 0 Å². The van der Waals surface area contributed by atoms with Crippen LogP contribution in [0.25, 0.3) is 0 Å². The van der Waals surface area contributed by atoms with Crippen LogP contribution in [0, 0.1) is 5.82 Å². The molecule has 1 N–H and O–H groups in total. The third kappa shape index (κ3) is 4.90. The molecule has 0 heterocycles. The number of anilines is 1. The average Bonchev–Trinajstić information content (AvgIpc) is 2.53. The maximum atomic E-state index is 13.2. The fraction of sp³-hybridized carbons (Fsp3) is 0.125. The Balaban J connectivity index is 2.11. The zero-order chi connectivity index (χ0) is 17.7. The highest BCUT2D eigenvalue weighted by Crippen LogP contribution is 2.18. The van der Waals surface area contributed by atoms with Gasteiger partial charge in [-0.3, -0.25) is 14.3 Å². The standard InChI is InChI=1S/C16H14FNO4S2/c1-11(19)23-10-16(20)12-5-7-14(8-6-12)18-24(21,22)15-4-2-3-13(17)9-15/h2-9,18H,10H2,1H3. The molecule has 0 bridgehead atoms. The molecule has 2 aromatic rings. The van der Waals surface area contributed by atoms with E-state index in [1.165, 1.54) is 43.3 Å². The van der Waals surface area contributed by atoms with Crippen molar-refractivity contribution >= 4 is 38.4 Å². The van der Waals surface area contributed by atoms with Crippen molar-refractivity contribution in [3.63, 3.8) is 0 Å². The highest BCUT2D eigenvalue weighted by molar-refractivity contribution is 8.14. The molecular formula is C16H14FNO4S2. The van der Waals surface area contributed by atoms with E-state index in [-0.39, 0.29) is 27.2 Å². The van der Waals surface area contributed by atoms with E-state index in [1.54, 1.807) is 0 Å². The van der Waals surface area contributed by atoms with Gasteiger partial charge in [-0.15, -0.1) is 0 Å². The van der Waals surface area contributed by atoms with Crippen LogP contribution >= 0.6 is 11.8 Å². The molecule has 0 aromatic heterocycles. The molecule has 0 saturated heterocycles. The quantitative estimate of drug-likeness (QED) is 0.794. The third-order valence-corrected chi connectivity index (χ3v) is 5.16. The van der Waals surface area contributed by atoms with Gasteiger partial charge in [-0.25, -0.2) is 12.8 Å². The summed E-state index contributed by atoms with van der Waals surface area (Å²) in [4.78, 5) is 22.5. The van der Waals surface area contributed by atoms with E-state index >= 15 is 0 Å². The van der Waals surface area contributed by atoms with Crippen molar-refractivity contribution in [2.45, 2.75) is 11.8 Å². The summed E-state index contributed by atoms with van der Waals surface area (Å²) in [7, 11) is -3.91. The van der Waals surface area contributed by atoms with Crippen molar-refractivity contribution in [2.24, 2.45) is 0 Å². The number of thioether (sulfide) groups is 1. The molecular weight excluding hydrogens is 353 g/mol. The Labute approximate surface area is 143 Å². The molecule has 0 fully saturated rings. The lowest BCUT2D eigenvalue weighted by molar-refractivity contribution is -0.109. The molecule has 0 aliphatic carbocycles. The Morgan fingerprint density at radius 1 is 1.12 bits per heavy atom. The molecule has 2 aromatic carbocycles. The van der Waals surface area contributed by atoms with Crippen LogP contribution in [0.3, 0.4) is 0 Å². The maximum Gasteiger partial charge on any atom is 0.261 e. The molecule has 8 heteroatoms. The molecule has 0 atom stereocenters. The summed E-state index contributed by atoms with van der Waals surface area (Å²) >= 11 is 0.912. The molecule has 0 unspecified atom stereocenters. The van der Waals surface area contributed by atoms with Crippen LogP contribution in [0.1, 0.15) is 17.3 Å². The largest absolute Gasteiger partial charge is 0.293 e. The first-order valence-corrected chi connectivity index (χ1v) is 9.30. The monoisotopic (exact) mass is 367 g/mol. The van der Waals surface area contributed by atoms with Gasteiger partial charge < -0.3 is 0 Å². The summed E-state index contributed by atoms with van der Waals surface area (Å²) in [6.07, 6.45) is 0. The predicted molar refractivity (Wildman–Crippen MR) is 91.1 cm³/mol. The molecule has 2 rings (SSSR count). The fourth-order valence-electron chi connectivity index (χ4n) is 1.82. The summed E-state index contributed by atoms with van der Waals surface area (Å²) < 4.78 is 39.8. The number of Topliss-reactive ketones (excluding diaryl/α,β-unsaturated/α-hetero) is 1. The van der Waals surface area contributed by atoms with Crippen molar-refractivity contribution in [3.05, 3.63) is 59.9 Å². The van der Waals surface area contributed by atoms with Gasteiger partial charge in [-0.2, -0.15) is 0 Å². The average molecular weight is 367 g/mol. The smallest absolute Gasteiger partial charge is 0.261 e. The van der Waals surface area contributed by atoms with Crippen molar-refractivity contribution in [2.75, 3.05) is 10.5 Å². The molecule has 24 heavy (non-hydrogen) atoms. The Bertz CT molecular complexity index is 864. The van der Waals surface area contributed by atoms with Gasteiger partial charge in [0.25, 0.3) is 10.0 Å². The van der Waals surface area contributed by atoms with Crippen LogP contribution in [0.5, 0.6) is 0 Å². The highest BCUT2D eigenvalue weighted by Gasteiger charge is 2.15. The minimum atomic E-state index is -3.91. The van der Waals surface area contributed by atoms with Crippen LogP contribution in [-0.2, 0) is 14.8 Å². The molecule has 0 aliphatic rings. The zero-order valence-corrected chi connectivity index (χ0v) is 14.3. The number of sulfonamides is 1. The normalized spacial score (nSPS) is 11.1. The predicted octanol–water partition coefficient (Wildman–Crippen LogP) is 3.09. The second-order valence-electron chi connectivity index (χ2n) is 4.84. The number of rotatable bonds is 6. The van der Waals surface area contributed by atoms with Crippen LogP contribution in [0.4, 0.5) is 10.1 Å². The number of nitrogens with one attached hydrogen (secondary N) is 1. The van der Waals surface area contributed by atoms with E-state index in [1.807, 2.05) is 0 Å². The number of carbonyl (C=O) groups is 2. The van der Waals surface area contributed by atoms with Gasteiger partial charge in [0.05, 0.1) is 10.6 Å². The van der Waals surface area contributed by atoms with Gasteiger partial charge in [0.15, 0.2) is 10.9 Å². The van der Waals surface area contributed by atoms with Crippen molar-refractivity contribution < 1.29 is 22.4 Å². The van der Waals surface area contributed by atoms with Crippen LogP contribution in [0.15, 0.2) is 53.4 Å². The van der Waals surface area contributed by atoms with E-state index in [0.29, 0.717) is 5.56 Å². The molecule has 126 valence electrons. The van der Waals surface area contributed by atoms with Gasteiger partial charge in [-0.05, 0) is 42.5 Å². The SMILES string of the molecule is CC(=O)SCC(=O)c1ccc(NS(=O)(=O)c2cccc(F)c2)cc1. The van der Waals surface area contributed by atoms with E-state index < -0.39 is 15.8 Å². The summed E-state index contributed by atoms with van der Waals surface area (Å²) in [6, 6.07) is 10.4.